The van der Waals surface area contributed by atoms with Crippen LogP contribution in [0.15, 0.2) is 59.9 Å². The summed E-state index contributed by atoms with van der Waals surface area (Å²) in [5.74, 6) is 2.09. The molecule has 0 amide bonds. The van der Waals surface area contributed by atoms with E-state index >= 15 is 0 Å². The average Bonchev–Trinajstić information content (AvgIpc) is 2.39. The van der Waals surface area contributed by atoms with Gasteiger partial charge in [0.2, 0.25) is 0 Å². The fraction of sp³-hybridized carbons (Fsp3) is 0.133. The van der Waals surface area contributed by atoms with Gasteiger partial charge in [0.05, 0.1) is 0 Å². The van der Waals surface area contributed by atoms with Gasteiger partial charge in [0.15, 0.2) is 0 Å². The predicted molar refractivity (Wildman–Crippen MR) is 65.0 cm³/mol. The summed E-state index contributed by atoms with van der Waals surface area (Å²) in [4.78, 5) is 0. The first kappa shape index (κ1) is 9.34. The summed E-state index contributed by atoms with van der Waals surface area (Å²) < 4.78 is 5.93. The Morgan fingerprint density at radius 3 is 2.88 bits per heavy atom. The number of rotatable bonds is 0. The van der Waals surface area contributed by atoms with Crippen molar-refractivity contribution in [2.45, 2.75) is 12.8 Å². The van der Waals surface area contributed by atoms with Crippen molar-refractivity contribution in [3.8, 4) is 5.75 Å². The van der Waals surface area contributed by atoms with E-state index in [0.717, 1.165) is 24.4 Å². The van der Waals surface area contributed by atoms with E-state index in [-0.39, 0.29) is 0 Å². The van der Waals surface area contributed by atoms with Gasteiger partial charge in [0.1, 0.15) is 5.75 Å². The van der Waals surface area contributed by atoms with Gasteiger partial charge >= 0.3 is 0 Å². The first-order chi connectivity index (χ1) is 7.93. The molecule has 1 aromatic carbocycles. The minimum Gasteiger partial charge on any atom is -0.505 e. The summed E-state index contributed by atoms with van der Waals surface area (Å²) in [5.41, 5.74) is 2.50. The molecule has 1 aliphatic carbocycles. The molecule has 1 nitrogen and oxygen atoms in total. The highest BCUT2D eigenvalue weighted by Crippen LogP contribution is 2.31. The Morgan fingerprint density at radius 1 is 1.06 bits per heavy atom. The lowest BCUT2D eigenvalue weighted by Gasteiger charge is -2.26. The van der Waals surface area contributed by atoms with Gasteiger partial charge in [-0.3, -0.25) is 0 Å². The zero-order valence-corrected chi connectivity index (χ0v) is 9.02. The summed E-state index contributed by atoms with van der Waals surface area (Å²) in [6.07, 6.45) is 12.4. The van der Waals surface area contributed by atoms with Crippen LogP contribution in [0, 0.1) is 6.42 Å². The number of aryl methyl sites for hydroxylation is 1. The van der Waals surface area contributed by atoms with E-state index in [0.29, 0.717) is 0 Å². The van der Waals surface area contributed by atoms with Crippen LogP contribution in [0.4, 0.5) is 0 Å². The molecular weight excluding hydrogens is 196 g/mol. The summed E-state index contributed by atoms with van der Waals surface area (Å²) in [5, 5.41) is 0. The molecule has 1 aliphatic heterocycles. The van der Waals surface area contributed by atoms with Crippen LogP contribution < -0.4 is 4.74 Å². The molecule has 1 aromatic rings. The maximum absolute atomic E-state index is 5.93. The third-order valence-electron chi connectivity index (χ3n) is 2.92. The van der Waals surface area contributed by atoms with Crippen molar-refractivity contribution in [3.05, 3.63) is 71.9 Å². The molecule has 0 fully saturated rings. The second-order valence-corrected chi connectivity index (χ2v) is 4.00. The second kappa shape index (κ2) is 3.93. The van der Waals surface area contributed by atoms with Crippen LogP contribution in [0.5, 0.6) is 5.75 Å². The van der Waals surface area contributed by atoms with Gasteiger partial charge in [-0.05, 0) is 24.5 Å². The van der Waals surface area contributed by atoms with Crippen LogP contribution in [-0.4, -0.2) is 0 Å². The van der Waals surface area contributed by atoms with Gasteiger partial charge in [-0.15, -0.1) is 36.3 Å². The van der Waals surface area contributed by atoms with E-state index in [1.165, 1.54) is 11.1 Å². The third kappa shape index (κ3) is 1.65. The molecular formula is C15H13O-. The van der Waals surface area contributed by atoms with Crippen LogP contribution in [-0.2, 0) is 6.42 Å². The van der Waals surface area contributed by atoms with Gasteiger partial charge in [-0.2, -0.15) is 0 Å². The molecule has 0 N–H and O–H groups in total. The highest BCUT2D eigenvalue weighted by atomic mass is 16.5. The number of hydrogen-bond acceptors (Lipinski definition) is 1. The quantitative estimate of drug-likeness (QED) is 0.593. The summed E-state index contributed by atoms with van der Waals surface area (Å²) in [6, 6.07) is 8.26. The summed E-state index contributed by atoms with van der Waals surface area (Å²) in [6.45, 7) is 0. The molecule has 3 rings (SSSR count). The lowest BCUT2D eigenvalue weighted by Crippen LogP contribution is -2.09. The molecule has 80 valence electrons. The molecule has 0 saturated heterocycles. The van der Waals surface area contributed by atoms with E-state index in [9.17, 15) is 0 Å². The van der Waals surface area contributed by atoms with E-state index in [1.54, 1.807) is 0 Å². The first-order valence-electron chi connectivity index (χ1n) is 5.60. The maximum Gasteiger partial charge on any atom is 0.117 e. The monoisotopic (exact) mass is 209 g/mol. The molecule has 0 saturated carbocycles. The molecule has 0 atom stereocenters. The van der Waals surface area contributed by atoms with Crippen LogP contribution in [0.1, 0.15) is 12.0 Å². The molecule has 0 aromatic heterocycles. The highest BCUT2D eigenvalue weighted by Gasteiger charge is 2.12. The minimum atomic E-state index is 0.987. The van der Waals surface area contributed by atoms with Crippen LogP contribution in [0.25, 0.3) is 0 Å². The van der Waals surface area contributed by atoms with Crippen molar-refractivity contribution in [1.29, 1.82) is 0 Å². The van der Waals surface area contributed by atoms with Crippen molar-refractivity contribution in [3.63, 3.8) is 0 Å². The number of para-hydroxylation sites is 1. The third-order valence-corrected chi connectivity index (χ3v) is 2.92. The Morgan fingerprint density at radius 2 is 2.00 bits per heavy atom. The molecule has 0 radical (unpaired) electrons. The molecule has 1 heteroatoms. The normalized spacial score (nSPS) is 22.2. The standard InChI is InChI=1S/C15H13O/c1-2-6-12(7-3-1)15-11-10-13-8-4-5-9-14(13)16-15/h1-9H,10-11H2/q-1. The summed E-state index contributed by atoms with van der Waals surface area (Å²) >= 11 is 0. The number of ether oxygens (including phenoxy) is 1. The van der Waals surface area contributed by atoms with E-state index in [1.807, 2.05) is 30.4 Å². The largest absolute Gasteiger partial charge is 0.505 e. The topological polar surface area (TPSA) is 9.23 Å². The minimum absolute atomic E-state index is 0.987. The Kier molecular flexibility index (Phi) is 2.30. The van der Waals surface area contributed by atoms with Gasteiger partial charge in [0.25, 0.3) is 0 Å². The van der Waals surface area contributed by atoms with Crippen molar-refractivity contribution in [2.24, 2.45) is 0 Å². The van der Waals surface area contributed by atoms with Gasteiger partial charge in [0, 0.05) is 5.76 Å². The number of allylic oxidation sites excluding steroid dienone is 6. The molecule has 0 unspecified atom stereocenters. The second-order valence-electron chi connectivity index (χ2n) is 4.00. The predicted octanol–water partition coefficient (Wildman–Crippen LogP) is 3.60. The van der Waals surface area contributed by atoms with Crippen LogP contribution in [0.3, 0.4) is 0 Å². The SMILES string of the molecule is C1=C[CH-]C(=C2CCc3ccccc3O2)C=C1. The molecule has 2 aliphatic rings. The Hall–Kier alpha value is -1.89. The maximum atomic E-state index is 5.93. The van der Waals surface area contributed by atoms with Gasteiger partial charge in [-0.25, -0.2) is 0 Å². The Labute approximate surface area is 95.7 Å². The van der Waals surface area contributed by atoms with Crippen LogP contribution in [0.2, 0.25) is 0 Å². The molecule has 1 heterocycles. The zero-order chi connectivity index (χ0) is 10.8. The van der Waals surface area contributed by atoms with Gasteiger partial charge in [-0.1, -0.05) is 18.2 Å². The number of benzene rings is 1. The van der Waals surface area contributed by atoms with E-state index in [4.69, 9.17) is 4.74 Å². The fourth-order valence-electron chi connectivity index (χ4n) is 2.07. The van der Waals surface area contributed by atoms with E-state index in [2.05, 4.69) is 24.6 Å². The Balaban J connectivity index is 1.93. The Bertz CT molecular complexity index is 492. The molecule has 0 bridgehead atoms. The zero-order valence-electron chi connectivity index (χ0n) is 9.02. The lowest BCUT2D eigenvalue weighted by atomic mass is 9.99. The fourth-order valence-corrected chi connectivity index (χ4v) is 2.07. The van der Waals surface area contributed by atoms with Crippen LogP contribution >= 0.6 is 0 Å². The van der Waals surface area contributed by atoms with Crippen molar-refractivity contribution < 1.29 is 4.74 Å². The average molecular weight is 209 g/mol. The smallest absolute Gasteiger partial charge is 0.117 e. The molecule has 0 spiro atoms. The molecule has 16 heavy (non-hydrogen) atoms. The van der Waals surface area contributed by atoms with Crippen molar-refractivity contribution in [2.75, 3.05) is 0 Å². The lowest BCUT2D eigenvalue weighted by molar-refractivity contribution is 0.374. The van der Waals surface area contributed by atoms with Crippen molar-refractivity contribution in [1.82, 2.24) is 0 Å². The highest BCUT2D eigenvalue weighted by molar-refractivity contribution is 5.45. The van der Waals surface area contributed by atoms with Crippen molar-refractivity contribution >= 4 is 0 Å². The number of hydrogen-bond donors (Lipinski definition) is 0. The number of fused-ring (bicyclic) bond motifs is 1. The van der Waals surface area contributed by atoms with E-state index < -0.39 is 0 Å². The van der Waals surface area contributed by atoms with Gasteiger partial charge < -0.3 is 4.74 Å². The summed E-state index contributed by atoms with van der Waals surface area (Å²) in [7, 11) is 0. The first-order valence-corrected chi connectivity index (χ1v) is 5.60.